The van der Waals surface area contributed by atoms with E-state index in [4.69, 9.17) is 5.73 Å². The van der Waals surface area contributed by atoms with E-state index < -0.39 is 0 Å². The van der Waals surface area contributed by atoms with Crippen molar-refractivity contribution >= 4 is 22.6 Å². The zero-order valence-corrected chi connectivity index (χ0v) is 14.0. The van der Waals surface area contributed by atoms with Crippen molar-refractivity contribution in [2.24, 2.45) is 0 Å². The number of nitrogen functional groups attached to an aromatic ring is 1. The predicted octanol–water partition coefficient (Wildman–Crippen LogP) is 2.89. The molecule has 1 fully saturated rings. The molecule has 126 valence electrons. The van der Waals surface area contributed by atoms with Crippen LogP contribution >= 0.6 is 0 Å². The minimum Gasteiger partial charge on any atom is -0.384 e. The Bertz CT molecular complexity index is 935. The molecule has 6 heteroatoms. The number of rotatable bonds is 2. The molecule has 2 aromatic heterocycles. The van der Waals surface area contributed by atoms with Gasteiger partial charge in [0.1, 0.15) is 11.6 Å². The van der Waals surface area contributed by atoms with Gasteiger partial charge in [0.05, 0.1) is 17.3 Å². The van der Waals surface area contributed by atoms with E-state index in [9.17, 15) is 4.79 Å². The van der Waals surface area contributed by atoms with Gasteiger partial charge in [-0.25, -0.2) is 9.97 Å². The number of aryl methyl sites for hydroxylation is 1. The Kier molecular flexibility index (Phi) is 3.80. The average molecular weight is 333 g/mol. The van der Waals surface area contributed by atoms with E-state index in [0.29, 0.717) is 17.2 Å². The molecule has 2 N–H and O–H groups in total. The first kappa shape index (κ1) is 15.5. The third-order valence-corrected chi connectivity index (χ3v) is 4.58. The lowest BCUT2D eigenvalue weighted by atomic mass is 10.1. The van der Waals surface area contributed by atoms with Crippen molar-refractivity contribution in [3.63, 3.8) is 0 Å². The SMILES string of the molecule is Cc1nc(N)cc([C@H]2CCCN2C(=O)c2ccc3ncccc3c2)n1. The molecule has 4 rings (SSSR count). The predicted molar refractivity (Wildman–Crippen MR) is 95.9 cm³/mol. The van der Waals surface area contributed by atoms with Gasteiger partial charge in [-0.3, -0.25) is 9.78 Å². The van der Waals surface area contributed by atoms with E-state index in [1.807, 2.05) is 42.2 Å². The fourth-order valence-electron chi connectivity index (χ4n) is 3.48. The molecule has 6 nitrogen and oxygen atoms in total. The van der Waals surface area contributed by atoms with Crippen LogP contribution in [0.3, 0.4) is 0 Å². The van der Waals surface area contributed by atoms with Gasteiger partial charge in [0.25, 0.3) is 5.91 Å². The molecule has 0 unspecified atom stereocenters. The number of hydrogen-bond acceptors (Lipinski definition) is 5. The number of hydrogen-bond donors (Lipinski definition) is 1. The molecule has 0 saturated carbocycles. The molecule has 0 bridgehead atoms. The number of nitrogens with zero attached hydrogens (tertiary/aromatic N) is 4. The van der Waals surface area contributed by atoms with Crippen LogP contribution in [0.1, 0.15) is 40.8 Å². The van der Waals surface area contributed by atoms with Crippen molar-refractivity contribution in [1.29, 1.82) is 0 Å². The first-order chi connectivity index (χ1) is 12.1. The highest BCUT2D eigenvalue weighted by Crippen LogP contribution is 2.33. The normalized spacial score (nSPS) is 17.2. The molecule has 0 aliphatic carbocycles. The highest BCUT2D eigenvalue weighted by atomic mass is 16.2. The second kappa shape index (κ2) is 6.12. The Morgan fingerprint density at radius 3 is 2.96 bits per heavy atom. The quantitative estimate of drug-likeness (QED) is 0.779. The van der Waals surface area contributed by atoms with Crippen molar-refractivity contribution in [3.8, 4) is 0 Å². The summed E-state index contributed by atoms with van der Waals surface area (Å²) in [6, 6.07) is 11.2. The molecule has 1 aliphatic rings. The maximum atomic E-state index is 13.1. The van der Waals surface area contributed by atoms with E-state index in [1.165, 1.54) is 0 Å². The molecule has 0 spiro atoms. The molecule has 3 heterocycles. The van der Waals surface area contributed by atoms with Crippen LogP contribution in [0.5, 0.6) is 0 Å². The monoisotopic (exact) mass is 333 g/mol. The molecule has 3 aromatic rings. The van der Waals surface area contributed by atoms with Crippen LogP contribution in [0.25, 0.3) is 10.9 Å². The second-order valence-corrected chi connectivity index (χ2v) is 6.33. The van der Waals surface area contributed by atoms with Crippen LogP contribution in [0.4, 0.5) is 5.82 Å². The first-order valence-electron chi connectivity index (χ1n) is 8.38. The summed E-state index contributed by atoms with van der Waals surface area (Å²) in [6.07, 6.45) is 3.59. The summed E-state index contributed by atoms with van der Waals surface area (Å²) in [5.41, 5.74) is 8.24. The van der Waals surface area contributed by atoms with Crippen molar-refractivity contribution in [2.75, 3.05) is 12.3 Å². The number of pyridine rings is 1. The van der Waals surface area contributed by atoms with Gasteiger partial charge in [0.15, 0.2) is 0 Å². The Morgan fingerprint density at radius 1 is 1.24 bits per heavy atom. The summed E-state index contributed by atoms with van der Waals surface area (Å²) in [5, 5.41) is 0.964. The molecular weight excluding hydrogens is 314 g/mol. The largest absolute Gasteiger partial charge is 0.384 e. The molecule has 0 radical (unpaired) electrons. The number of anilines is 1. The van der Waals surface area contributed by atoms with Gasteiger partial charge in [-0.1, -0.05) is 6.07 Å². The summed E-state index contributed by atoms with van der Waals surface area (Å²) in [7, 11) is 0. The Balaban J connectivity index is 1.67. The van der Waals surface area contributed by atoms with Crippen molar-refractivity contribution in [1.82, 2.24) is 19.9 Å². The first-order valence-corrected chi connectivity index (χ1v) is 8.38. The molecule has 1 saturated heterocycles. The van der Waals surface area contributed by atoms with Gasteiger partial charge in [-0.2, -0.15) is 0 Å². The van der Waals surface area contributed by atoms with Crippen LogP contribution in [-0.4, -0.2) is 32.3 Å². The van der Waals surface area contributed by atoms with Crippen LogP contribution in [0, 0.1) is 6.92 Å². The van der Waals surface area contributed by atoms with Crippen LogP contribution in [-0.2, 0) is 0 Å². The average Bonchev–Trinajstić information content (AvgIpc) is 3.09. The van der Waals surface area contributed by atoms with E-state index in [1.54, 1.807) is 12.3 Å². The molecule has 1 atom stereocenters. The number of amides is 1. The lowest BCUT2D eigenvalue weighted by molar-refractivity contribution is 0.0733. The lowest BCUT2D eigenvalue weighted by Gasteiger charge is -2.25. The molecule has 1 amide bonds. The number of nitrogens with two attached hydrogens (primary N) is 1. The fourth-order valence-corrected chi connectivity index (χ4v) is 3.48. The molecule has 1 aliphatic heterocycles. The minimum atomic E-state index is -0.0545. The minimum absolute atomic E-state index is 0.0167. The standard InChI is InChI=1S/C19H19N5O/c1-12-22-16(11-18(20)23-12)17-5-3-9-24(17)19(25)14-6-7-15-13(10-14)4-2-8-21-15/h2,4,6-8,10-11,17H,3,5,9H2,1H3,(H2,20,22,23)/t17-/m1/s1. The van der Waals surface area contributed by atoms with Gasteiger partial charge in [0, 0.05) is 29.8 Å². The van der Waals surface area contributed by atoms with Crippen LogP contribution < -0.4 is 5.73 Å². The van der Waals surface area contributed by atoms with Crippen molar-refractivity contribution in [2.45, 2.75) is 25.8 Å². The number of carbonyl (C=O) groups excluding carboxylic acids is 1. The van der Waals surface area contributed by atoms with Gasteiger partial charge >= 0.3 is 0 Å². The summed E-state index contributed by atoms with van der Waals surface area (Å²) in [5.74, 6) is 1.09. The van der Waals surface area contributed by atoms with Crippen molar-refractivity contribution < 1.29 is 4.79 Å². The number of aromatic nitrogens is 3. The van der Waals surface area contributed by atoms with Crippen molar-refractivity contribution in [3.05, 3.63) is 59.7 Å². The highest BCUT2D eigenvalue weighted by molar-refractivity contribution is 5.98. The molecule has 1 aromatic carbocycles. The Hall–Kier alpha value is -3.02. The highest BCUT2D eigenvalue weighted by Gasteiger charge is 2.32. The van der Waals surface area contributed by atoms with Crippen LogP contribution in [0.2, 0.25) is 0 Å². The third-order valence-electron chi connectivity index (χ3n) is 4.58. The summed E-state index contributed by atoms with van der Waals surface area (Å²) < 4.78 is 0. The molecule has 25 heavy (non-hydrogen) atoms. The maximum Gasteiger partial charge on any atom is 0.254 e. The number of benzene rings is 1. The number of carbonyl (C=O) groups is 1. The fraction of sp³-hybridized carbons (Fsp3) is 0.263. The third kappa shape index (κ3) is 2.91. The topological polar surface area (TPSA) is 85.0 Å². The van der Waals surface area contributed by atoms with Gasteiger partial charge in [0.2, 0.25) is 0 Å². The second-order valence-electron chi connectivity index (χ2n) is 6.33. The van der Waals surface area contributed by atoms with Gasteiger partial charge in [-0.05, 0) is 44.0 Å². The smallest absolute Gasteiger partial charge is 0.254 e. The Morgan fingerprint density at radius 2 is 2.12 bits per heavy atom. The Labute approximate surface area is 145 Å². The van der Waals surface area contributed by atoms with Gasteiger partial charge < -0.3 is 10.6 Å². The summed E-state index contributed by atoms with van der Waals surface area (Å²) >= 11 is 0. The zero-order chi connectivity index (χ0) is 17.4. The summed E-state index contributed by atoms with van der Waals surface area (Å²) in [4.78, 5) is 27.9. The maximum absolute atomic E-state index is 13.1. The van der Waals surface area contributed by atoms with E-state index in [2.05, 4.69) is 15.0 Å². The van der Waals surface area contributed by atoms with Gasteiger partial charge in [-0.15, -0.1) is 0 Å². The van der Waals surface area contributed by atoms with E-state index in [0.717, 1.165) is 36.0 Å². The summed E-state index contributed by atoms with van der Waals surface area (Å²) in [6.45, 7) is 2.54. The van der Waals surface area contributed by atoms with E-state index >= 15 is 0 Å². The van der Waals surface area contributed by atoms with Crippen LogP contribution in [0.15, 0.2) is 42.6 Å². The molecular formula is C19H19N5O. The van der Waals surface area contributed by atoms with E-state index in [-0.39, 0.29) is 11.9 Å². The zero-order valence-electron chi connectivity index (χ0n) is 14.0. The number of fused-ring (bicyclic) bond motifs is 1. The lowest BCUT2D eigenvalue weighted by Crippen LogP contribution is -2.31. The number of likely N-dealkylation sites (tertiary alicyclic amines) is 1.